The predicted molar refractivity (Wildman–Crippen MR) is 148 cm³/mol. The summed E-state index contributed by atoms with van der Waals surface area (Å²) < 4.78 is 41.7. The molecule has 1 aliphatic rings. The minimum absolute atomic E-state index is 0.0366. The van der Waals surface area contributed by atoms with E-state index >= 15 is 0 Å². The molecule has 8 nitrogen and oxygen atoms in total. The molecule has 1 aliphatic heterocycles. The van der Waals surface area contributed by atoms with E-state index in [1.807, 2.05) is 23.1 Å². The summed E-state index contributed by atoms with van der Waals surface area (Å²) in [5.41, 5.74) is 2.57. The lowest BCUT2D eigenvalue weighted by Crippen LogP contribution is -2.45. The van der Waals surface area contributed by atoms with Gasteiger partial charge in [0.15, 0.2) is 0 Å². The Balaban J connectivity index is 1.24. The molecule has 2 aromatic carbocycles. The van der Waals surface area contributed by atoms with Crippen LogP contribution in [-0.4, -0.2) is 63.5 Å². The summed E-state index contributed by atoms with van der Waals surface area (Å²) >= 11 is 0. The normalized spacial score (nSPS) is 14.5. The average molecular weight is 548 g/mol. The standard InChI is InChI=1S/C29H28F3N7O/c1-2-38-11-13-39(14-12-38)18-22-6-7-23(17-24(22)29(30,31)32)36-28(40)37-27-16-21(9-10-33-27)4-3-20-5-8-25-26(15-20)35-19-34-25/h5-10,15-17,19H,2,11-14,18H2,1H3,(H,34,35)(H2,33,36,37,40). The molecule has 0 unspecified atom stereocenters. The molecule has 2 aromatic heterocycles. The quantitative estimate of drug-likeness (QED) is 0.301. The summed E-state index contributed by atoms with van der Waals surface area (Å²) in [5.74, 6) is 6.29. The molecule has 206 valence electrons. The first-order valence-electron chi connectivity index (χ1n) is 12.9. The predicted octanol–water partition coefficient (Wildman–Crippen LogP) is 5.16. The highest BCUT2D eigenvalue weighted by molar-refractivity contribution is 5.99. The Morgan fingerprint density at radius 3 is 2.45 bits per heavy atom. The van der Waals surface area contributed by atoms with Gasteiger partial charge < -0.3 is 15.2 Å². The third kappa shape index (κ3) is 6.77. The van der Waals surface area contributed by atoms with Crippen molar-refractivity contribution in [3.8, 4) is 11.8 Å². The highest BCUT2D eigenvalue weighted by Crippen LogP contribution is 2.34. The zero-order chi connectivity index (χ0) is 28.1. The van der Waals surface area contributed by atoms with Crippen LogP contribution in [0, 0.1) is 11.8 Å². The number of carbonyl (C=O) groups excluding carboxylic acids is 1. The molecule has 40 heavy (non-hydrogen) atoms. The monoisotopic (exact) mass is 547 g/mol. The molecule has 0 saturated carbocycles. The molecule has 2 amide bonds. The minimum Gasteiger partial charge on any atom is -0.345 e. The van der Waals surface area contributed by atoms with Crippen molar-refractivity contribution in [1.82, 2.24) is 24.8 Å². The first-order chi connectivity index (χ1) is 19.3. The van der Waals surface area contributed by atoms with E-state index in [0.29, 0.717) is 18.7 Å². The van der Waals surface area contributed by atoms with Crippen LogP contribution in [0.15, 0.2) is 61.1 Å². The summed E-state index contributed by atoms with van der Waals surface area (Å²) in [4.78, 5) is 28.2. The first-order valence-corrected chi connectivity index (χ1v) is 12.9. The van der Waals surface area contributed by atoms with Crippen molar-refractivity contribution in [3.05, 3.63) is 83.3 Å². The van der Waals surface area contributed by atoms with Gasteiger partial charge in [0.25, 0.3) is 0 Å². The minimum atomic E-state index is -4.55. The molecular weight excluding hydrogens is 519 g/mol. The maximum atomic E-state index is 13.9. The summed E-state index contributed by atoms with van der Waals surface area (Å²) in [7, 11) is 0. The second kappa shape index (κ2) is 11.8. The molecule has 5 rings (SSSR count). The van der Waals surface area contributed by atoms with Gasteiger partial charge in [-0.2, -0.15) is 13.2 Å². The highest BCUT2D eigenvalue weighted by atomic mass is 19.4. The molecule has 1 saturated heterocycles. The lowest BCUT2D eigenvalue weighted by Gasteiger charge is -2.34. The van der Waals surface area contributed by atoms with Gasteiger partial charge in [0.1, 0.15) is 5.82 Å². The number of alkyl halides is 3. The number of carbonyl (C=O) groups is 1. The number of hydrogen-bond acceptors (Lipinski definition) is 5. The first kappa shape index (κ1) is 27.2. The van der Waals surface area contributed by atoms with Gasteiger partial charge in [0.05, 0.1) is 22.9 Å². The maximum absolute atomic E-state index is 13.9. The summed E-state index contributed by atoms with van der Waals surface area (Å²) in [6.45, 7) is 6.30. The molecule has 1 fully saturated rings. The van der Waals surface area contributed by atoms with E-state index in [1.54, 1.807) is 18.5 Å². The SMILES string of the molecule is CCN1CCN(Cc2ccc(NC(=O)Nc3cc(C#Cc4ccc5nc[nH]c5c4)ccn3)cc2C(F)(F)F)CC1. The zero-order valence-electron chi connectivity index (χ0n) is 21.8. The van der Waals surface area contributed by atoms with Crippen LogP contribution in [-0.2, 0) is 12.7 Å². The number of likely N-dealkylation sites (N-methyl/N-ethyl adjacent to an activating group) is 1. The lowest BCUT2D eigenvalue weighted by molar-refractivity contribution is -0.138. The van der Waals surface area contributed by atoms with Gasteiger partial charge in [0, 0.05) is 55.7 Å². The van der Waals surface area contributed by atoms with Crippen LogP contribution in [0.4, 0.5) is 29.5 Å². The number of amides is 2. The Hall–Kier alpha value is -4.40. The summed E-state index contributed by atoms with van der Waals surface area (Å²) in [5, 5.41) is 5.04. The van der Waals surface area contributed by atoms with E-state index in [-0.39, 0.29) is 23.6 Å². The topological polar surface area (TPSA) is 89.2 Å². The number of H-pyrrole nitrogens is 1. The van der Waals surface area contributed by atoms with Gasteiger partial charge in [-0.25, -0.2) is 14.8 Å². The zero-order valence-corrected chi connectivity index (χ0v) is 21.8. The van der Waals surface area contributed by atoms with Crippen molar-refractivity contribution < 1.29 is 18.0 Å². The van der Waals surface area contributed by atoms with E-state index in [1.165, 1.54) is 18.3 Å². The number of anilines is 2. The Morgan fingerprint density at radius 1 is 0.950 bits per heavy atom. The van der Waals surface area contributed by atoms with Crippen molar-refractivity contribution in [1.29, 1.82) is 0 Å². The van der Waals surface area contributed by atoms with E-state index in [0.717, 1.165) is 42.3 Å². The average Bonchev–Trinajstić information content (AvgIpc) is 3.41. The molecule has 0 radical (unpaired) electrons. The van der Waals surface area contributed by atoms with Gasteiger partial charge in [0.2, 0.25) is 0 Å². The van der Waals surface area contributed by atoms with E-state index in [2.05, 4.69) is 49.3 Å². The van der Waals surface area contributed by atoms with Crippen LogP contribution < -0.4 is 10.6 Å². The number of halogens is 3. The van der Waals surface area contributed by atoms with Crippen LogP contribution in [0.2, 0.25) is 0 Å². The number of aromatic amines is 1. The second-order valence-corrected chi connectivity index (χ2v) is 9.47. The molecule has 0 aliphatic carbocycles. The summed E-state index contributed by atoms with van der Waals surface area (Å²) in [6.07, 6.45) is -1.44. The fourth-order valence-corrected chi connectivity index (χ4v) is 4.57. The Bertz CT molecular complexity index is 1560. The maximum Gasteiger partial charge on any atom is 0.416 e. The van der Waals surface area contributed by atoms with Gasteiger partial charge >= 0.3 is 12.2 Å². The van der Waals surface area contributed by atoms with E-state index in [4.69, 9.17) is 0 Å². The number of pyridine rings is 1. The van der Waals surface area contributed by atoms with E-state index in [9.17, 15) is 18.0 Å². The fourth-order valence-electron chi connectivity index (χ4n) is 4.57. The lowest BCUT2D eigenvalue weighted by atomic mass is 10.0. The molecular formula is C29H28F3N7O. The Labute approximate surface area is 229 Å². The third-order valence-corrected chi connectivity index (χ3v) is 6.75. The van der Waals surface area contributed by atoms with Crippen molar-refractivity contribution in [2.75, 3.05) is 43.4 Å². The fraction of sp³-hybridized carbons (Fsp3) is 0.276. The largest absolute Gasteiger partial charge is 0.416 e. The number of nitrogens with one attached hydrogen (secondary N) is 3. The molecule has 0 bridgehead atoms. The van der Waals surface area contributed by atoms with Crippen LogP contribution in [0.5, 0.6) is 0 Å². The van der Waals surface area contributed by atoms with Crippen molar-refractivity contribution in [3.63, 3.8) is 0 Å². The number of urea groups is 1. The van der Waals surface area contributed by atoms with Gasteiger partial charge in [-0.15, -0.1) is 0 Å². The number of nitrogens with zero attached hydrogens (tertiary/aromatic N) is 4. The second-order valence-electron chi connectivity index (χ2n) is 9.47. The molecule has 0 atom stereocenters. The van der Waals surface area contributed by atoms with Crippen molar-refractivity contribution in [2.45, 2.75) is 19.6 Å². The molecule has 4 aromatic rings. The van der Waals surface area contributed by atoms with Crippen molar-refractivity contribution in [2.24, 2.45) is 0 Å². The number of benzene rings is 2. The van der Waals surface area contributed by atoms with Gasteiger partial charge in [-0.1, -0.05) is 24.8 Å². The van der Waals surface area contributed by atoms with Crippen LogP contribution >= 0.6 is 0 Å². The number of rotatable bonds is 5. The van der Waals surface area contributed by atoms with Crippen LogP contribution in [0.1, 0.15) is 29.2 Å². The Morgan fingerprint density at radius 2 is 1.70 bits per heavy atom. The van der Waals surface area contributed by atoms with Crippen molar-refractivity contribution >= 4 is 28.6 Å². The third-order valence-electron chi connectivity index (χ3n) is 6.75. The number of imidazole rings is 1. The molecule has 3 heterocycles. The number of fused-ring (bicyclic) bond motifs is 1. The molecule has 0 spiro atoms. The smallest absolute Gasteiger partial charge is 0.345 e. The Kier molecular flexibility index (Phi) is 8.00. The molecule has 11 heteroatoms. The highest BCUT2D eigenvalue weighted by Gasteiger charge is 2.34. The van der Waals surface area contributed by atoms with Gasteiger partial charge in [-0.05, 0) is 54.6 Å². The van der Waals surface area contributed by atoms with Crippen LogP contribution in [0.3, 0.4) is 0 Å². The molecule has 3 N–H and O–H groups in total. The van der Waals surface area contributed by atoms with Crippen LogP contribution in [0.25, 0.3) is 11.0 Å². The van der Waals surface area contributed by atoms with Gasteiger partial charge in [-0.3, -0.25) is 10.2 Å². The van der Waals surface area contributed by atoms with E-state index < -0.39 is 17.8 Å². The number of piperazine rings is 1. The number of aromatic nitrogens is 3. The summed E-state index contributed by atoms with van der Waals surface area (Å²) in [6, 6.07) is 12.1. The number of hydrogen-bond donors (Lipinski definition) is 3.